The van der Waals surface area contributed by atoms with E-state index in [9.17, 15) is 23.7 Å². The van der Waals surface area contributed by atoms with Crippen molar-refractivity contribution in [2.45, 2.75) is 33.0 Å². The van der Waals surface area contributed by atoms with E-state index in [-0.39, 0.29) is 65.5 Å². The summed E-state index contributed by atoms with van der Waals surface area (Å²) in [6.07, 6.45) is 0.435. The largest absolute Gasteiger partial charge is 0.466 e. The summed E-state index contributed by atoms with van der Waals surface area (Å²) in [5.74, 6) is -2.74. The highest BCUT2D eigenvalue weighted by atomic mass is 31.2. The molecule has 0 radical (unpaired) electrons. The maximum absolute atomic E-state index is 13.7. The van der Waals surface area contributed by atoms with Gasteiger partial charge in [-0.3, -0.25) is 28.6 Å². The molecule has 3 saturated heterocycles. The third-order valence-electron chi connectivity index (χ3n) is 5.59. The van der Waals surface area contributed by atoms with Crippen LogP contribution in [0.1, 0.15) is 27.2 Å². The molecule has 0 aromatic rings. The zero-order valence-corrected chi connectivity index (χ0v) is 20.5. The summed E-state index contributed by atoms with van der Waals surface area (Å²) in [6.45, 7) is 7.61. The van der Waals surface area contributed by atoms with Crippen molar-refractivity contribution in [1.82, 2.24) is 19.6 Å². The van der Waals surface area contributed by atoms with Crippen LogP contribution in [-0.4, -0.2) is 122 Å². The summed E-state index contributed by atoms with van der Waals surface area (Å²) in [7, 11) is -3.79. The van der Waals surface area contributed by atoms with Gasteiger partial charge >= 0.3 is 25.4 Å². The van der Waals surface area contributed by atoms with E-state index in [1.165, 1.54) is 14.7 Å². The highest BCUT2D eigenvalue weighted by Crippen LogP contribution is 2.55. The molecule has 0 aromatic carbocycles. The summed E-state index contributed by atoms with van der Waals surface area (Å²) < 4.78 is 29.9. The third kappa shape index (κ3) is 7.23. The molecule has 12 nitrogen and oxygen atoms in total. The van der Waals surface area contributed by atoms with Crippen molar-refractivity contribution < 1.29 is 37.5 Å². The highest BCUT2D eigenvalue weighted by Gasteiger charge is 2.42. The average Bonchev–Trinajstić information content (AvgIpc) is 2.77. The van der Waals surface area contributed by atoms with Crippen LogP contribution in [0.3, 0.4) is 0 Å². The first-order chi connectivity index (χ1) is 15.8. The summed E-state index contributed by atoms with van der Waals surface area (Å²) in [5, 5.41) is 0. The molecule has 13 heteroatoms. The summed E-state index contributed by atoms with van der Waals surface area (Å²) in [4.78, 5) is 55.2. The molecule has 3 fully saturated rings. The molecule has 3 aliphatic heterocycles. The predicted octanol–water partition coefficient (Wildman–Crippen LogP) is -0.0234. The van der Waals surface area contributed by atoms with Crippen molar-refractivity contribution >= 4 is 31.8 Å². The van der Waals surface area contributed by atoms with Crippen LogP contribution in [0.5, 0.6) is 0 Å². The van der Waals surface area contributed by atoms with Crippen LogP contribution in [0.4, 0.5) is 0 Å². The first kappa shape index (κ1) is 27.2. The van der Waals surface area contributed by atoms with E-state index in [0.29, 0.717) is 19.5 Å². The number of nitrogens with zero attached hydrogens (tertiary/aromatic N) is 4. The second-order valence-electron chi connectivity index (χ2n) is 7.63. The Morgan fingerprint density at radius 1 is 0.879 bits per heavy atom. The minimum Gasteiger partial charge on any atom is -0.466 e. The molecule has 3 aliphatic rings. The Hall–Kier alpha value is -2.01. The molecule has 0 saturated carbocycles. The van der Waals surface area contributed by atoms with Gasteiger partial charge in [0.05, 0.1) is 26.2 Å². The topological polar surface area (TPSA) is 126 Å². The quantitative estimate of drug-likeness (QED) is 0.180. The summed E-state index contributed by atoms with van der Waals surface area (Å²) >= 11 is 0. The number of rotatable bonds is 10. The van der Waals surface area contributed by atoms with Crippen LogP contribution in [-0.2, 0) is 37.5 Å². The van der Waals surface area contributed by atoms with Crippen LogP contribution < -0.4 is 0 Å². The van der Waals surface area contributed by atoms with Crippen LogP contribution in [0.15, 0.2) is 0 Å². The van der Waals surface area contributed by atoms with Crippen molar-refractivity contribution in [3.8, 4) is 0 Å². The smallest absolute Gasteiger partial charge is 0.348 e. The molecule has 1 unspecified atom stereocenters. The number of carbonyl (C=O) groups excluding carboxylic acids is 4. The van der Waals surface area contributed by atoms with Gasteiger partial charge in [0, 0.05) is 52.4 Å². The standard InChI is InChI=1S/C20H35N4O8P/c1-4-30-18(26)15-17(33(29,31-5-2)32-6-3)22-9-7-21(16-25)8-10-23-13-14-24(12-11-22)20(28)19(23)27/h16-17H,4-15H2,1-3H3. The number of esters is 1. The van der Waals surface area contributed by atoms with Gasteiger partial charge in [-0.25, -0.2) is 0 Å². The minimum atomic E-state index is -3.79. The van der Waals surface area contributed by atoms with Crippen molar-refractivity contribution in [3.05, 3.63) is 0 Å². The van der Waals surface area contributed by atoms with Gasteiger partial charge in [-0.1, -0.05) is 0 Å². The predicted molar refractivity (Wildman–Crippen MR) is 118 cm³/mol. The Kier molecular flexibility index (Phi) is 10.7. The van der Waals surface area contributed by atoms with Crippen LogP contribution >= 0.6 is 7.60 Å². The lowest BCUT2D eigenvalue weighted by molar-refractivity contribution is -0.156. The Balaban J connectivity index is 2.38. The Morgan fingerprint density at radius 2 is 1.36 bits per heavy atom. The lowest BCUT2D eigenvalue weighted by atomic mass is 10.2. The molecule has 33 heavy (non-hydrogen) atoms. The number of piperazine rings is 1. The third-order valence-corrected chi connectivity index (χ3v) is 8.07. The molecular weight excluding hydrogens is 455 g/mol. The molecule has 0 spiro atoms. The Morgan fingerprint density at radius 3 is 1.88 bits per heavy atom. The molecular formula is C20H35N4O8P. The van der Waals surface area contributed by atoms with Crippen molar-refractivity contribution in [3.63, 3.8) is 0 Å². The van der Waals surface area contributed by atoms with Gasteiger partial charge < -0.3 is 28.5 Å². The average molecular weight is 490 g/mol. The fraction of sp³-hybridized carbons (Fsp3) is 0.800. The van der Waals surface area contributed by atoms with Gasteiger partial charge in [0.15, 0.2) is 0 Å². The minimum absolute atomic E-state index is 0.111. The molecule has 0 aromatic heterocycles. The first-order valence-corrected chi connectivity index (χ1v) is 13.0. The number of carbonyl (C=O) groups is 4. The van der Waals surface area contributed by atoms with E-state index < -0.39 is 31.2 Å². The van der Waals surface area contributed by atoms with E-state index in [1.54, 1.807) is 25.7 Å². The van der Waals surface area contributed by atoms with Gasteiger partial charge in [0.1, 0.15) is 5.78 Å². The van der Waals surface area contributed by atoms with Crippen molar-refractivity contribution in [1.29, 1.82) is 0 Å². The SMILES string of the molecule is CCOC(=O)CC(N1CCN(C=O)CCN2CCN(CC1)C(=O)C2=O)P(=O)(OCC)OCC. The number of amides is 3. The van der Waals surface area contributed by atoms with Gasteiger partial charge in [-0.2, -0.15) is 0 Å². The maximum atomic E-state index is 13.7. The van der Waals surface area contributed by atoms with Gasteiger partial charge in [-0.15, -0.1) is 0 Å². The van der Waals surface area contributed by atoms with E-state index in [4.69, 9.17) is 13.8 Å². The number of fused-ring (bicyclic) bond motifs is 9. The maximum Gasteiger partial charge on any atom is 0.348 e. The monoisotopic (exact) mass is 490 g/mol. The first-order valence-electron chi connectivity index (χ1n) is 11.4. The van der Waals surface area contributed by atoms with Crippen molar-refractivity contribution in [2.24, 2.45) is 0 Å². The fourth-order valence-corrected chi connectivity index (χ4v) is 6.05. The molecule has 3 rings (SSSR count). The molecule has 0 aliphatic carbocycles. The number of hydrogen-bond donors (Lipinski definition) is 0. The lowest BCUT2D eigenvalue weighted by Crippen LogP contribution is -2.58. The second-order valence-corrected chi connectivity index (χ2v) is 9.82. The summed E-state index contributed by atoms with van der Waals surface area (Å²) in [6, 6.07) is 0. The Bertz CT molecular complexity index is 742. The molecule has 188 valence electrons. The van der Waals surface area contributed by atoms with Gasteiger partial charge in [0.2, 0.25) is 6.41 Å². The lowest BCUT2D eigenvalue weighted by Gasteiger charge is -2.40. The fourth-order valence-electron chi connectivity index (χ4n) is 3.90. The van der Waals surface area contributed by atoms with E-state index in [2.05, 4.69) is 0 Å². The van der Waals surface area contributed by atoms with E-state index in [1.807, 2.05) is 0 Å². The number of hydrogen-bond acceptors (Lipinski definition) is 9. The molecule has 2 bridgehead atoms. The van der Waals surface area contributed by atoms with E-state index in [0.717, 1.165) is 0 Å². The zero-order valence-electron chi connectivity index (χ0n) is 19.6. The van der Waals surface area contributed by atoms with Crippen LogP contribution in [0, 0.1) is 0 Å². The molecule has 0 N–H and O–H groups in total. The summed E-state index contributed by atoms with van der Waals surface area (Å²) in [5.41, 5.74) is 0. The molecule has 3 amide bonds. The molecule has 3 heterocycles. The van der Waals surface area contributed by atoms with Crippen molar-refractivity contribution in [2.75, 3.05) is 72.2 Å². The van der Waals surface area contributed by atoms with Gasteiger partial charge in [0.25, 0.3) is 0 Å². The van der Waals surface area contributed by atoms with Crippen LogP contribution in [0.2, 0.25) is 0 Å². The van der Waals surface area contributed by atoms with Gasteiger partial charge in [-0.05, 0) is 20.8 Å². The second kappa shape index (κ2) is 13.0. The number of ether oxygens (including phenoxy) is 1. The highest BCUT2D eigenvalue weighted by molar-refractivity contribution is 7.54. The Labute approximate surface area is 194 Å². The zero-order chi connectivity index (χ0) is 24.4. The molecule has 1 atom stereocenters. The van der Waals surface area contributed by atoms with E-state index >= 15 is 0 Å². The van der Waals surface area contributed by atoms with Crippen LogP contribution in [0.25, 0.3) is 0 Å². The normalized spacial score (nSPS) is 19.8.